The van der Waals surface area contributed by atoms with E-state index in [-0.39, 0.29) is 29.6 Å². The lowest BCUT2D eigenvalue weighted by Gasteiger charge is -2.15. The molecule has 106 valence electrons. The van der Waals surface area contributed by atoms with Crippen LogP contribution in [0.15, 0.2) is 18.2 Å². The van der Waals surface area contributed by atoms with Crippen LogP contribution in [-0.4, -0.2) is 17.9 Å². The maximum Gasteiger partial charge on any atom is 0.248 e. The molecule has 1 atom stereocenters. The Morgan fingerprint density at radius 2 is 1.89 bits per heavy atom. The number of hydrogen-bond donors (Lipinski definition) is 3. The van der Waals surface area contributed by atoms with Crippen LogP contribution in [0.4, 0.5) is 10.1 Å². The van der Waals surface area contributed by atoms with Crippen LogP contribution in [0.3, 0.4) is 0 Å². The van der Waals surface area contributed by atoms with Crippen LogP contribution in [0.5, 0.6) is 0 Å². The predicted octanol–water partition coefficient (Wildman–Crippen LogP) is 1.27. The number of hydrogen-bond acceptors (Lipinski definition) is 3. The summed E-state index contributed by atoms with van der Waals surface area (Å²) in [5, 5.41) is 2.34. The third kappa shape index (κ3) is 4.50. The molecule has 0 bridgehead atoms. The molecule has 0 unspecified atom stereocenters. The summed E-state index contributed by atoms with van der Waals surface area (Å²) in [6, 6.07) is 2.75. The number of halogens is 2. The lowest BCUT2D eigenvalue weighted by molar-refractivity contribution is -0.118. The topological polar surface area (TPSA) is 98.2 Å². The van der Waals surface area contributed by atoms with Gasteiger partial charge < -0.3 is 16.8 Å². The molecule has 0 saturated carbocycles. The molecule has 0 saturated heterocycles. The Labute approximate surface area is 116 Å². The van der Waals surface area contributed by atoms with E-state index in [1.54, 1.807) is 13.8 Å². The van der Waals surface area contributed by atoms with Crippen molar-refractivity contribution >= 4 is 29.9 Å². The number of nitrogens with one attached hydrogen (secondary N) is 1. The normalized spacial score (nSPS) is 11.6. The molecule has 1 aromatic carbocycles. The maximum absolute atomic E-state index is 13.5. The molecule has 0 radical (unpaired) electrons. The Bertz CT molecular complexity index is 480. The van der Waals surface area contributed by atoms with Crippen LogP contribution in [0.25, 0.3) is 0 Å². The van der Waals surface area contributed by atoms with E-state index in [9.17, 15) is 14.0 Å². The van der Waals surface area contributed by atoms with Gasteiger partial charge in [0, 0.05) is 5.56 Å². The van der Waals surface area contributed by atoms with Crippen LogP contribution in [0.2, 0.25) is 0 Å². The highest BCUT2D eigenvalue weighted by Crippen LogP contribution is 2.16. The van der Waals surface area contributed by atoms with Gasteiger partial charge in [0.15, 0.2) is 0 Å². The first kappa shape index (κ1) is 17.3. The Hall–Kier alpha value is -1.66. The van der Waals surface area contributed by atoms with Crippen molar-refractivity contribution in [2.45, 2.75) is 19.9 Å². The molecule has 1 rings (SSSR count). The molecule has 19 heavy (non-hydrogen) atoms. The van der Waals surface area contributed by atoms with Crippen molar-refractivity contribution in [3.8, 4) is 0 Å². The van der Waals surface area contributed by atoms with E-state index >= 15 is 0 Å². The van der Waals surface area contributed by atoms with Crippen LogP contribution >= 0.6 is 12.4 Å². The highest BCUT2D eigenvalue weighted by atomic mass is 35.5. The predicted molar refractivity (Wildman–Crippen MR) is 73.6 cm³/mol. The molecule has 0 fully saturated rings. The average molecular weight is 290 g/mol. The molecular formula is C12H17ClFN3O2. The molecule has 0 spiro atoms. The highest BCUT2D eigenvalue weighted by Gasteiger charge is 2.19. The van der Waals surface area contributed by atoms with Gasteiger partial charge in [-0.3, -0.25) is 9.59 Å². The maximum atomic E-state index is 13.5. The smallest absolute Gasteiger partial charge is 0.248 e. The molecule has 5 nitrogen and oxygen atoms in total. The molecule has 0 aliphatic carbocycles. The molecule has 0 heterocycles. The second-order valence-electron chi connectivity index (χ2n) is 4.32. The van der Waals surface area contributed by atoms with E-state index in [0.29, 0.717) is 0 Å². The minimum atomic E-state index is -0.748. The molecule has 2 amide bonds. The van der Waals surface area contributed by atoms with Crippen LogP contribution in [-0.2, 0) is 4.79 Å². The first-order chi connectivity index (χ1) is 8.32. The fourth-order valence-corrected chi connectivity index (χ4v) is 1.29. The fourth-order valence-electron chi connectivity index (χ4n) is 1.29. The van der Waals surface area contributed by atoms with Crippen LogP contribution in [0, 0.1) is 11.7 Å². The van der Waals surface area contributed by atoms with E-state index in [1.807, 2.05) is 0 Å². The summed E-state index contributed by atoms with van der Waals surface area (Å²) in [6.07, 6.45) is 0. The number of primary amides is 1. The van der Waals surface area contributed by atoms with Gasteiger partial charge in [-0.1, -0.05) is 13.8 Å². The van der Waals surface area contributed by atoms with Gasteiger partial charge in [0.2, 0.25) is 11.8 Å². The number of carbonyl (C=O) groups excluding carboxylic acids is 2. The van der Waals surface area contributed by atoms with Gasteiger partial charge in [-0.15, -0.1) is 12.4 Å². The summed E-state index contributed by atoms with van der Waals surface area (Å²) < 4.78 is 13.5. The largest absolute Gasteiger partial charge is 0.366 e. The second-order valence-corrected chi connectivity index (χ2v) is 4.32. The third-order valence-electron chi connectivity index (χ3n) is 2.53. The molecule has 0 aliphatic rings. The van der Waals surface area contributed by atoms with Gasteiger partial charge in [-0.05, 0) is 24.1 Å². The van der Waals surface area contributed by atoms with Gasteiger partial charge >= 0.3 is 0 Å². The third-order valence-corrected chi connectivity index (χ3v) is 2.53. The minimum absolute atomic E-state index is 0. The number of nitrogens with two attached hydrogens (primary N) is 2. The summed E-state index contributed by atoms with van der Waals surface area (Å²) in [4.78, 5) is 22.6. The summed E-state index contributed by atoms with van der Waals surface area (Å²) in [5.41, 5.74) is 10.7. The van der Waals surface area contributed by atoms with Crippen molar-refractivity contribution < 1.29 is 14.0 Å². The minimum Gasteiger partial charge on any atom is -0.366 e. The molecule has 7 heteroatoms. The molecule has 1 aromatic rings. The van der Waals surface area contributed by atoms with E-state index in [4.69, 9.17) is 11.5 Å². The number of carbonyl (C=O) groups is 2. The fraction of sp³-hybridized carbons (Fsp3) is 0.333. The number of rotatable bonds is 4. The van der Waals surface area contributed by atoms with Crippen molar-refractivity contribution in [2.24, 2.45) is 17.4 Å². The molecule has 0 aromatic heterocycles. The van der Waals surface area contributed by atoms with Gasteiger partial charge in [0.05, 0.1) is 11.7 Å². The highest BCUT2D eigenvalue weighted by molar-refractivity contribution is 5.98. The Morgan fingerprint density at radius 3 is 2.37 bits per heavy atom. The lowest BCUT2D eigenvalue weighted by atomic mass is 10.0. The zero-order valence-electron chi connectivity index (χ0n) is 10.6. The van der Waals surface area contributed by atoms with Crippen molar-refractivity contribution in [2.75, 3.05) is 5.32 Å². The summed E-state index contributed by atoms with van der Waals surface area (Å²) in [6.45, 7) is 3.56. The van der Waals surface area contributed by atoms with Gasteiger partial charge in [-0.25, -0.2) is 4.39 Å². The lowest BCUT2D eigenvalue weighted by Crippen LogP contribution is -2.40. The Morgan fingerprint density at radius 1 is 1.32 bits per heavy atom. The number of anilines is 1. The zero-order valence-corrected chi connectivity index (χ0v) is 11.5. The summed E-state index contributed by atoms with van der Waals surface area (Å²) in [7, 11) is 0. The summed E-state index contributed by atoms with van der Waals surface area (Å²) >= 11 is 0. The van der Waals surface area contributed by atoms with Gasteiger partial charge in [0.1, 0.15) is 5.82 Å². The first-order valence-electron chi connectivity index (χ1n) is 5.48. The monoisotopic (exact) mass is 289 g/mol. The average Bonchev–Trinajstić information content (AvgIpc) is 2.30. The summed E-state index contributed by atoms with van der Waals surface area (Å²) in [5.74, 6) is -1.93. The molecule has 0 aliphatic heterocycles. The van der Waals surface area contributed by atoms with Crippen molar-refractivity contribution in [1.29, 1.82) is 0 Å². The van der Waals surface area contributed by atoms with Crippen molar-refractivity contribution in [3.63, 3.8) is 0 Å². The van der Waals surface area contributed by atoms with Gasteiger partial charge in [0.25, 0.3) is 0 Å². The quantitative estimate of drug-likeness (QED) is 0.778. The first-order valence-corrected chi connectivity index (χ1v) is 5.48. The van der Waals surface area contributed by atoms with Crippen LogP contribution in [0.1, 0.15) is 24.2 Å². The number of amides is 2. The standard InChI is InChI=1S/C12H16FN3O2.ClH/c1-6(2)10(14)12(18)16-9-5-7(11(15)17)3-4-8(9)13;/h3-6,10H,14H2,1-2H3,(H2,15,17)(H,16,18);1H/t10-;/m1./s1. The zero-order chi connectivity index (χ0) is 13.9. The molecular weight excluding hydrogens is 273 g/mol. The second kappa shape index (κ2) is 7.06. The Balaban J connectivity index is 0.00000324. The Kier molecular flexibility index (Phi) is 6.44. The van der Waals surface area contributed by atoms with E-state index in [2.05, 4.69) is 5.32 Å². The van der Waals surface area contributed by atoms with Crippen LogP contribution < -0.4 is 16.8 Å². The number of benzene rings is 1. The van der Waals surface area contributed by atoms with E-state index < -0.39 is 23.7 Å². The van der Waals surface area contributed by atoms with Gasteiger partial charge in [-0.2, -0.15) is 0 Å². The van der Waals surface area contributed by atoms with Crippen molar-refractivity contribution in [3.05, 3.63) is 29.6 Å². The molecule has 5 N–H and O–H groups in total. The van der Waals surface area contributed by atoms with Crippen molar-refractivity contribution in [1.82, 2.24) is 0 Å². The SMILES string of the molecule is CC(C)[C@@H](N)C(=O)Nc1cc(C(N)=O)ccc1F.Cl. The van der Waals surface area contributed by atoms with E-state index in [0.717, 1.165) is 6.07 Å². The van der Waals surface area contributed by atoms with E-state index in [1.165, 1.54) is 12.1 Å².